The molecule has 0 spiro atoms. The fourth-order valence-corrected chi connectivity index (χ4v) is 2.54. The fourth-order valence-electron chi connectivity index (χ4n) is 2.54. The summed E-state index contributed by atoms with van der Waals surface area (Å²) in [6.45, 7) is 9.98. The van der Waals surface area contributed by atoms with Gasteiger partial charge in [-0.15, -0.1) is 0 Å². The number of benzene rings is 1. The van der Waals surface area contributed by atoms with E-state index in [0.717, 1.165) is 24.2 Å². The number of hydrogen-bond donors (Lipinski definition) is 1. The number of halogens is 1. The van der Waals surface area contributed by atoms with E-state index >= 15 is 0 Å². The van der Waals surface area contributed by atoms with E-state index in [1.54, 1.807) is 12.1 Å². The third-order valence-corrected chi connectivity index (χ3v) is 3.68. The van der Waals surface area contributed by atoms with Crippen molar-refractivity contribution in [1.29, 1.82) is 0 Å². The molecule has 0 fully saturated rings. The third-order valence-electron chi connectivity index (χ3n) is 3.68. The van der Waals surface area contributed by atoms with Crippen LogP contribution in [0.25, 0.3) is 0 Å². The molecule has 0 unspecified atom stereocenters. The maximum atomic E-state index is 13.3. The summed E-state index contributed by atoms with van der Waals surface area (Å²) >= 11 is 0. The highest BCUT2D eigenvalue weighted by Crippen LogP contribution is 2.15. The van der Waals surface area contributed by atoms with Gasteiger partial charge in [0, 0.05) is 11.7 Å². The molecule has 1 aromatic heterocycles. The Hall–Kier alpha value is -1.68. The van der Waals surface area contributed by atoms with Crippen LogP contribution in [-0.4, -0.2) is 22.4 Å². The van der Waals surface area contributed by atoms with Crippen LogP contribution in [0.2, 0.25) is 0 Å². The molecule has 1 heterocycles. The third kappa shape index (κ3) is 4.14. The van der Waals surface area contributed by atoms with Crippen LogP contribution in [0.1, 0.15) is 36.4 Å². The van der Waals surface area contributed by atoms with Crippen LogP contribution < -0.4 is 5.32 Å². The van der Waals surface area contributed by atoms with E-state index in [9.17, 15) is 4.39 Å². The maximum Gasteiger partial charge on any atom is 0.123 e. The molecule has 4 heteroatoms. The molecule has 114 valence electrons. The molecule has 2 rings (SSSR count). The summed E-state index contributed by atoms with van der Waals surface area (Å²) < 4.78 is 15.2. The number of aryl methyl sites for hydroxylation is 1. The summed E-state index contributed by atoms with van der Waals surface area (Å²) in [4.78, 5) is 0. The topological polar surface area (TPSA) is 29.9 Å². The van der Waals surface area contributed by atoms with Crippen molar-refractivity contribution in [3.05, 3.63) is 52.6 Å². The second-order valence-corrected chi connectivity index (χ2v) is 5.80. The Morgan fingerprint density at radius 2 is 2.05 bits per heavy atom. The van der Waals surface area contributed by atoms with Gasteiger partial charge in [0.2, 0.25) is 0 Å². The minimum Gasteiger partial charge on any atom is -0.314 e. The first kappa shape index (κ1) is 15.7. The highest BCUT2D eigenvalue weighted by Gasteiger charge is 2.11. The van der Waals surface area contributed by atoms with Crippen LogP contribution in [0.5, 0.6) is 0 Å². The van der Waals surface area contributed by atoms with Gasteiger partial charge >= 0.3 is 0 Å². The number of nitrogens with one attached hydrogen (secondary N) is 1. The van der Waals surface area contributed by atoms with E-state index in [1.165, 1.54) is 17.3 Å². The second-order valence-electron chi connectivity index (χ2n) is 5.80. The lowest BCUT2D eigenvalue weighted by Crippen LogP contribution is -2.25. The minimum atomic E-state index is -0.199. The van der Waals surface area contributed by atoms with Crippen molar-refractivity contribution in [2.24, 2.45) is 0 Å². The summed E-state index contributed by atoms with van der Waals surface area (Å²) in [7, 11) is 0. The molecule has 0 aliphatic rings. The van der Waals surface area contributed by atoms with Gasteiger partial charge in [-0.05, 0) is 50.1 Å². The predicted octanol–water partition coefficient (Wildman–Crippen LogP) is 3.23. The summed E-state index contributed by atoms with van der Waals surface area (Å²) in [5, 5.41) is 8.03. The Bertz CT molecular complexity index is 602. The quantitative estimate of drug-likeness (QED) is 0.885. The van der Waals surface area contributed by atoms with Gasteiger partial charge in [0.1, 0.15) is 5.82 Å². The van der Waals surface area contributed by atoms with Crippen LogP contribution in [0.4, 0.5) is 4.39 Å². The van der Waals surface area contributed by atoms with Crippen LogP contribution >= 0.6 is 0 Å². The Labute approximate surface area is 126 Å². The summed E-state index contributed by atoms with van der Waals surface area (Å²) in [6, 6.07) is 7.20. The molecular formula is C17H24FN3. The Kier molecular flexibility index (Phi) is 5.12. The summed E-state index contributed by atoms with van der Waals surface area (Å²) in [5.41, 5.74) is 4.46. The molecule has 0 atom stereocenters. The van der Waals surface area contributed by atoms with Crippen molar-refractivity contribution in [2.75, 3.05) is 6.54 Å². The number of hydrogen-bond acceptors (Lipinski definition) is 2. The van der Waals surface area contributed by atoms with Crippen molar-refractivity contribution in [2.45, 2.75) is 46.7 Å². The maximum absolute atomic E-state index is 13.3. The van der Waals surface area contributed by atoms with Crippen molar-refractivity contribution in [3.63, 3.8) is 0 Å². The van der Waals surface area contributed by atoms with Gasteiger partial charge in [-0.3, -0.25) is 4.68 Å². The first-order valence-electron chi connectivity index (χ1n) is 7.48. The standard InChI is InChI=1S/C17H24FN3/c1-12(2)19-9-8-17-13(3)20-21(14(17)4)11-15-6-5-7-16(18)10-15/h5-7,10,12,19H,8-9,11H2,1-4H3. The molecule has 0 saturated carbocycles. The van der Waals surface area contributed by atoms with Gasteiger partial charge in [-0.2, -0.15) is 5.10 Å². The van der Waals surface area contributed by atoms with Crippen molar-refractivity contribution >= 4 is 0 Å². The average Bonchev–Trinajstić information content (AvgIpc) is 2.66. The number of aromatic nitrogens is 2. The van der Waals surface area contributed by atoms with Crippen molar-refractivity contribution in [1.82, 2.24) is 15.1 Å². The highest BCUT2D eigenvalue weighted by molar-refractivity contribution is 5.26. The molecule has 1 aromatic carbocycles. The van der Waals surface area contributed by atoms with Crippen LogP contribution in [0.15, 0.2) is 24.3 Å². The first-order valence-corrected chi connectivity index (χ1v) is 7.48. The van der Waals surface area contributed by atoms with E-state index in [4.69, 9.17) is 0 Å². The van der Waals surface area contributed by atoms with Crippen molar-refractivity contribution < 1.29 is 4.39 Å². The molecule has 0 bridgehead atoms. The Morgan fingerprint density at radius 1 is 1.29 bits per heavy atom. The normalized spacial score (nSPS) is 11.3. The first-order chi connectivity index (χ1) is 9.97. The molecule has 0 radical (unpaired) electrons. The van der Waals surface area contributed by atoms with E-state index in [2.05, 4.69) is 31.2 Å². The lowest BCUT2D eigenvalue weighted by molar-refractivity contribution is 0.588. The monoisotopic (exact) mass is 289 g/mol. The molecular weight excluding hydrogens is 265 g/mol. The zero-order chi connectivity index (χ0) is 15.4. The molecule has 2 aromatic rings. The highest BCUT2D eigenvalue weighted by atomic mass is 19.1. The van der Waals surface area contributed by atoms with Crippen LogP contribution in [-0.2, 0) is 13.0 Å². The van der Waals surface area contributed by atoms with E-state index in [-0.39, 0.29) is 5.82 Å². The molecule has 1 N–H and O–H groups in total. The van der Waals surface area contributed by atoms with E-state index in [0.29, 0.717) is 12.6 Å². The molecule has 0 amide bonds. The van der Waals surface area contributed by atoms with Crippen molar-refractivity contribution in [3.8, 4) is 0 Å². The van der Waals surface area contributed by atoms with Gasteiger partial charge in [0.25, 0.3) is 0 Å². The van der Waals surface area contributed by atoms with Gasteiger partial charge in [-0.1, -0.05) is 26.0 Å². The predicted molar refractivity (Wildman–Crippen MR) is 84.0 cm³/mol. The summed E-state index contributed by atoms with van der Waals surface area (Å²) in [6.07, 6.45) is 0.971. The number of nitrogens with zero attached hydrogens (tertiary/aromatic N) is 2. The minimum absolute atomic E-state index is 0.199. The lowest BCUT2D eigenvalue weighted by Gasteiger charge is -2.09. The second kappa shape index (κ2) is 6.85. The van der Waals surface area contributed by atoms with E-state index in [1.807, 2.05) is 17.7 Å². The molecule has 3 nitrogen and oxygen atoms in total. The SMILES string of the molecule is Cc1nn(Cc2cccc(F)c2)c(C)c1CCNC(C)C. The van der Waals surface area contributed by atoms with E-state index < -0.39 is 0 Å². The Morgan fingerprint density at radius 3 is 2.71 bits per heavy atom. The fraction of sp³-hybridized carbons (Fsp3) is 0.471. The zero-order valence-corrected chi connectivity index (χ0v) is 13.3. The zero-order valence-electron chi connectivity index (χ0n) is 13.3. The lowest BCUT2D eigenvalue weighted by atomic mass is 10.1. The number of rotatable bonds is 6. The molecule has 0 saturated heterocycles. The largest absolute Gasteiger partial charge is 0.314 e. The average molecular weight is 289 g/mol. The molecule has 0 aliphatic carbocycles. The van der Waals surface area contributed by atoms with Crippen LogP contribution in [0.3, 0.4) is 0 Å². The molecule has 21 heavy (non-hydrogen) atoms. The van der Waals surface area contributed by atoms with Gasteiger partial charge in [0.05, 0.1) is 12.2 Å². The Balaban J connectivity index is 2.11. The van der Waals surface area contributed by atoms with Gasteiger partial charge in [0.15, 0.2) is 0 Å². The smallest absolute Gasteiger partial charge is 0.123 e. The van der Waals surface area contributed by atoms with Crippen LogP contribution in [0, 0.1) is 19.7 Å². The van der Waals surface area contributed by atoms with Gasteiger partial charge in [-0.25, -0.2) is 4.39 Å². The summed E-state index contributed by atoms with van der Waals surface area (Å²) in [5.74, 6) is -0.199. The molecule has 0 aliphatic heterocycles. The van der Waals surface area contributed by atoms with Gasteiger partial charge < -0.3 is 5.32 Å².